The van der Waals surface area contributed by atoms with Crippen molar-refractivity contribution in [3.05, 3.63) is 22.8 Å². The van der Waals surface area contributed by atoms with Crippen LogP contribution in [0.2, 0.25) is 5.02 Å². The van der Waals surface area contributed by atoms with Gasteiger partial charge in [-0.3, -0.25) is 4.79 Å². The lowest BCUT2D eigenvalue weighted by Gasteiger charge is -2.00. The molecule has 0 aliphatic rings. The van der Waals surface area contributed by atoms with E-state index in [2.05, 4.69) is 16.8 Å². The molecule has 0 aliphatic heterocycles. The second kappa shape index (κ2) is 5.23. The molecule has 0 unspecified atom stereocenters. The first-order valence-electron chi connectivity index (χ1n) is 4.03. The van der Waals surface area contributed by atoms with Crippen molar-refractivity contribution in [2.75, 3.05) is 7.11 Å². The fourth-order valence-electron chi connectivity index (χ4n) is 0.866. The lowest BCUT2D eigenvalue weighted by atomic mass is 10.3. The molecule has 0 atom stereocenters. The van der Waals surface area contributed by atoms with Gasteiger partial charge in [0.2, 0.25) is 5.88 Å². The van der Waals surface area contributed by atoms with Crippen molar-refractivity contribution in [3.8, 4) is 17.7 Å². The molecular formula is C10H8ClNO3. The van der Waals surface area contributed by atoms with Crippen LogP contribution in [0.3, 0.4) is 0 Å². The number of aliphatic carboxylic acids is 1. The topological polar surface area (TPSA) is 59.4 Å². The molecule has 0 bridgehead atoms. The van der Waals surface area contributed by atoms with Gasteiger partial charge in [0.05, 0.1) is 7.11 Å². The van der Waals surface area contributed by atoms with Gasteiger partial charge in [-0.25, -0.2) is 4.98 Å². The van der Waals surface area contributed by atoms with Crippen LogP contribution in [0.4, 0.5) is 0 Å². The van der Waals surface area contributed by atoms with Crippen LogP contribution in [0.1, 0.15) is 12.0 Å². The molecule has 0 aromatic carbocycles. The molecule has 1 aromatic heterocycles. The van der Waals surface area contributed by atoms with E-state index in [0.29, 0.717) is 16.5 Å². The summed E-state index contributed by atoms with van der Waals surface area (Å²) in [6.07, 6.45) is 1.27. The SMILES string of the molecule is COc1ncc(C#CCC(=O)O)cc1Cl. The zero-order valence-corrected chi connectivity index (χ0v) is 8.71. The Labute approximate surface area is 91.8 Å². The van der Waals surface area contributed by atoms with Gasteiger partial charge >= 0.3 is 5.97 Å². The van der Waals surface area contributed by atoms with Gasteiger partial charge in [-0.15, -0.1) is 0 Å². The number of carbonyl (C=O) groups is 1. The van der Waals surface area contributed by atoms with Crippen molar-refractivity contribution >= 4 is 17.6 Å². The molecule has 1 aromatic rings. The number of halogens is 1. The van der Waals surface area contributed by atoms with Crippen molar-refractivity contribution in [3.63, 3.8) is 0 Å². The minimum atomic E-state index is -0.963. The molecule has 78 valence electrons. The Kier molecular flexibility index (Phi) is 3.95. The number of carboxylic acids is 1. The van der Waals surface area contributed by atoms with Gasteiger partial charge < -0.3 is 9.84 Å². The molecule has 0 aliphatic carbocycles. The van der Waals surface area contributed by atoms with Gasteiger partial charge in [0.15, 0.2) is 0 Å². The maximum Gasteiger partial charge on any atom is 0.315 e. The molecule has 0 fully saturated rings. The number of hydrogen-bond donors (Lipinski definition) is 1. The first kappa shape index (κ1) is 11.3. The predicted molar refractivity (Wildman–Crippen MR) is 54.9 cm³/mol. The van der Waals surface area contributed by atoms with Crippen LogP contribution in [0, 0.1) is 11.8 Å². The minimum absolute atomic E-state index is 0.205. The van der Waals surface area contributed by atoms with Crippen LogP contribution in [0.25, 0.3) is 0 Å². The highest BCUT2D eigenvalue weighted by Gasteiger charge is 2.01. The fourth-order valence-corrected chi connectivity index (χ4v) is 1.11. The molecule has 1 N–H and O–H groups in total. The van der Waals surface area contributed by atoms with E-state index >= 15 is 0 Å². The third-order valence-electron chi connectivity index (χ3n) is 1.47. The van der Waals surface area contributed by atoms with E-state index in [4.69, 9.17) is 21.4 Å². The van der Waals surface area contributed by atoms with Gasteiger partial charge in [-0.2, -0.15) is 0 Å². The van der Waals surface area contributed by atoms with Gasteiger partial charge in [0.1, 0.15) is 11.4 Å². The number of methoxy groups -OCH3 is 1. The Morgan fingerprint density at radius 1 is 1.73 bits per heavy atom. The molecule has 0 spiro atoms. The Balaban J connectivity index is 2.82. The number of hydrogen-bond acceptors (Lipinski definition) is 3. The molecule has 0 saturated heterocycles. The first-order valence-corrected chi connectivity index (χ1v) is 4.41. The number of carboxylic acid groups (broad SMARTS) is 1. The maximum atomic E-state index is 10.2. The van der Waals surface area contributed by atoms with Crippen molar-refractivity contribution < 1.29 is 14.6 Å². The number of pyridine rings is 1. The summed E-state index contributed by atoms with van der Waals surface area (Å²) in [4.78, 5) is 14.1. The average Bonchev–Trinajstić information content (AvgIpc) is 2.17. The van der Waals surface area contributed by atoms with Crippen molar-refractivity contribution in [2.24, 2.45) is 0 Å². The van der Waals surface area contributed by atoms with Gasteiger partial charge in [-0.1, -0.05) is 23.4 Å². The van der Waals surface area contributed by atoms with E-state index in [1.165, 1.54) is 13.3 Å². The second-order valence-electron chi connectivity index (χ2n) is 2.59. The quantitative estimate of drug-likeness (QED) is 0.777. The number of rotatable bonds is 2. The van der Waals surface area contributed by atoms with Crippen LogP contribution in [0.15, 0.2) is 12.3 Å². The maximum absolute atomic E-state index is 10.2. The van der Waals surface area contributed by atoms with Gasteiger partial charge in [-0.05, 0) is 6.07 Å². The molecule has 1 rings (SSSR count). The third kappa shape index (κ3) is 3.49. The summed E-state index contributed by atoms with van der Waals surface area (Å²) in [5.41, 5.74) is 0.557. The van der Waals surface area contributed by atoms with E-state index < -0.39 is 5.97 Å². The van der Waals surface area contributed by atoms with E-state index in [0.717, 1.165) is 0 Å². The van der Waals surface area contributed by atoms with E-state index in [9.17, 15) is 4.79 Å². The number of nitrogens with zero attached hydrogens (tertiary/aromatic N) is 1. The number of aromatic nitrogens is 1. The lowest BCUT2D eigenvalue weighted by molar-refractivity contribution is -0.135. The molecule has 0 saturated carbocycles. The van der Waals surface area contributed by atoms with Crippen molar-refractivity contribution in [1.29, 1.82) is 0 Å². The zero-order valence-electron chi connectivity index (χ0n) is 7.95. The zero-order chi connectivity index (χ0) is 11.3. The molecule has 0 radical (unpaired) electrons. The summed E-state index contributed by atoms with van der Waals surface area (Å²) in [7, 11) is 1.46. The average molecular weight is 226 g/mol. The summed E-state index contributed by atoms with van der Waals surface area (Å²) in [5, 5.41) is 8.71. The monoisotopic (exact) mass is 225 g/mol. The molecule has 4 nitrogen and oxygen atoms in total. The highest BCUT2D eigenvalue weighted by Crippen LogP contribution is 2.21. The van der Waals surface area contributed by atoms with Crippen molar-refractivity contribution in [1.82, 2.24) is 4.98 Å². The Hall–Kier alpha value is -1.73. The molecule has 1 heterocycles. The standard InChI is InChI=1S/C10H8ClNO3/c1-15-10-8(11)5-7(6-12-10)3-2-4-9(13)14/h5-6H,4H2,1H3,(H,13,14). The molecule has 0 amide bonds. The van der Waals surface area contributed by atoms with E-state index in [1.807, 2.05) is 0 Å². The second-order valence-corrected chi connectivity index (χ2v) is 2.99. The smallest absolute Gasteiger partial charge is 0.315 e. The summed E-state index contributed by atoms with van der Waals surface area (Å²) >= 11 is 5.80. The summed E-state index contributed by atoms with van der Waals surface area (Å²) < 4.78 is 4.86. The van der Waals surface area contributed by atoms with Crippen LogP contribution < -0.4 is 4.74 Å². The predicted octanol–water partition coefficient (Wildman–Crippen LogP) is 1.57. The highest BCUT2D eigenvalue weighted by atomic mass is 35.5. The Morgan fingerprint density at radius 3 is 3.00 bits per heavy atom. The van der Waals surface area contributed by atoms with Gasteiger partial charge in [0, 0.05) is 11.8 Å². The van der Waals surface area contributed by atoms with Gasteiger partial charge in [0.25, 0.3) is 0 Å². The summed E-state index contributed by atoms with van der Waals surface area (Å²) in [6.45, 7) is 0. The summed E-state index contributed by atoms with van der Waals surface area (Å²) in [6, 6.07) is 1.57. The van der Waals surface area contributed by atoms with Crippen LogP contribution in [-0.4, -0.2) is 23.2 Å². The minimum Gasteiger partial charge on any atom is -0.481 e. The Bertz CT molecular complexity index is 434. The van der Waals surface area contributed by atoms with Crippen molar-refractivity contribution in [2.45, 2.75) is 6.42 Å². The summed E-state index contributed by atoms with van der Waals surface area (Å²) in [5.74, 6) is 4.47. The van der Waals surface area contributed by atoms with Crippen LogP contribution in [0.5, 0.6) is 5.88 Å². The molecule has 5 heteroatoms. The van der Waals surface area contributed by atoms with E-state index in [1.54, 1.807) is 6.07 Å². The largest absolute Gasteiger partial charge is 0.481 e. The normalized spacial score (nSPS) is 8.93. The lowest BCUT2D eigenvalue weighted by Crippen LogP contribution is -1.91. The van der Waals surface area contributed by atoms with Crippen LogP contribution >= 0.6 is 11.6 Å². The highest BCUT2D eigenvalue weighted by molar-refractivity contribution is 6.31. The Morgan fingerprint density at radius 2 is 2.47 bits per heavy atom. The fraction of sp³-hybridized carbons (Fsp3) is 0.200. The number of ether oxygens (including phenoxy) is 1. The van der Waals surface area contributed by atoms with Crippen LogP contribution in [-0.2, 0) is 4.79 Å². The first-order chi connectivity index (χ1) is 7.13. The third-order valence-corrected chi connectivity index (χ3v) is 1.74. The molecule has 15 heavy (non-hydrogen) atoms. The molecular weight excluding hydrogens is 218 g/mol. The van der Waals surface area contributed by atoms with E-state index in [-0.39, 0.29) is 6.42 Å².